The van der Waals surface area contributed by atoms with Crippen molar-refractivity contribution in [2.24, 2.45) is 0 Å². The molecule has 0 saturated heterocycles. The van der Waals surface area contributed by atoms with Crippen LogP contribution in [0.5, 0.6) is 0 Å². The predicted molar refractivity (Wildman–Crippen MR) is 108 cm³/mol. The third kappa shape index (κ3) is 4.52. The lowest BCUT2D eigenvalue weighted by Crippen LogP contribution is -2.46. The molecule has 2 aromatic rings. The maximum atomic E-state index is 12.7. The Labute approximate surface area is 173 Å². The molecule has 1 atom stereocenters. The van der Waals surface area contributed by atoms with E-state index in [2.05, 4.69) is 10.6 Å². The molecule has 9 heteroatoms. The van der Waals surface area contributed by atoms with Crippen molar-refractivity contribution in [1.82, 2.24) is 10.2 Å². The average molecular weight is 413 g/mol. The maximum Gasteiger partial charge on any atom is 0.338 e. The molecule has 2 heterocycles. The zero-order valence-electron chi connectivity index (χ0n) is 16.9. The van der Waals surface area contributed by atoms with E-state index in [1.807, 2.05) is 0 Å². The highest BCUT2D eigenvalue weighted by Gasteiger charge is 2.35. The number of rotatable bonds is 7. The summed E-state index contributed by atoms with van der Waals surface area (Å²) >= 11 is 0. The largest absolute Gasteiger partial charge is 0.460 e. The van der Waals surface area contributed by atoms with Crippen molar-refractivity contribution >= 4 is 23.6 Å². The Bertz CT molecular complexity index is 950. The molecule has 0 bridgehead atoms. The Morgan fingerprint density at radius 2 is 1.93 bits per heavy atom. The second kappa shape index (κ2) is 9.27. The van der Waals surface area contributed by atoms with Crippen LogP contribution in [-0.4, -0.2) is 50.2 Å². The van der Waals surface area contributed by atoms with Gasteiger partial charge in [0.15, 0.2) is 5.76 Å². The Kier molecular flexibility index (Phi) is 6.53. The fourth-order valence-electron chi connectivity index (χ4n) is 3.00. The highest BCUT2D eigenvalue weighted by atomic mass is 16.6. The molecule has 0 radical (unpaired) electrons. The second-order valence-corrected chi connectivity index (χ2v) is 6.62. The molecule has 2 N–H and O–H groups in total. The molecule has 1 aliphatic rings. The SMILES string of the molecule is COCCOC(=O)C1=C(C)N(C)C(=O)N[C@H]1c1ccc(NC(=O)c2ccco2)cc1. The van der Waals surface area contributed by atoms with Crippen molar-refractivity contribution in [3.05, 3.63) is 65.3 Å². The van der Waals surface area contributed by atoms with Gasteiger partial charge in [0.2, 0.25) is 0 Å². The highest BCUT2D eigenvalue weighted by Crippen LogP contribution is 2.31. The number of ether oxygens (including phenoxy) is 2. The van der Waals surface area contributed by atoms with E-state index >= 15 is 0 Å². The lowest BCUT2D eigenvalue weighted by atomic mass is 9.95. The van der Waals surface area contributed by atoms with E-state index in [4.69, 9.17) is 13.9 Å². The molecule has 0 unspecified atom stereocenters. The van der Waals surface area contributed by atoms with Gasteiger partial charge in [-0.1, -0.05) is 12.1 Å². The molecule has 9 nitrogen and oxygen atoms in total. The molecule has 3 amide bonds. The predicted octanol–water partition coefficient (Wildman–Crippen LogP) is 2.69. The quantitative estimate of drug-likeness (QED) is 0.533. The van der Waals surface area contributed by atoms with Crippen LogP contribution in [0.3, 0.4) is 0 Å². The summed E-state index contributed by atoms with van der Waals surface area (Å²) in [5, 5.41) is 5.53. The molecule has 158 valence electrons. The minimum absolute atomic E-state index is 0.105. The Morgan fingerprint density at radius 1 is 1.20 bits per heavy atom. The van der Waals surface area contributed by atoms with Crippen molar-refractivity contribution in [3.63, 3.8) is 0 Å². The molecule has 30 heavy (non-hydrogen) atoms. The third-order valence-electron chi connectivity index (χ3n) is 4.74. The summed E-state index contributed by atoms with van der Waals surface area (Å²) in [5.41, 5.74) is 2.05. The van der Waals surface area contributed by atoms with Gasteiger partial charge in [0.1, 0.15) is 6.61 Å². The monoisotopic (exact) mass is 413 g/mol. The van der Waals surface area contributed by atoms with Gasteiger partial charge in [-0.2, -0.15) is 0 Å². The Balaban J connectivity index is 1.81. The first-order chi connectivity index (χ1) is 14.4. The number of carbonyl (C=O) groups excluding carboxylic acids is 3. The zero-order valence-corrected chi connectivity index (χ0v) is 16.9. The molecular weight excluding hydrogens is 390 g/mol. The van der Waals surface area contributed by atoms with Crippen molar-refractivity contribution in [1.29, 1.82) is 0 Å². The molecule has 1 aromatic heterocycles. The number of hydrogen-bond donors (Lipinski definition) is 2. The smallest absolute Gasteiger partial charge is 0.338 e. The number of methoxy groups -OCH3 is 1. The van der Waals surface area contributed by atoms with Gasteiger partial charge >= 0.3 is 12.0 Å². The number of allylic oxidation sites excluding steroid dienone is 1. The average Bonchev–Trinajstić information content (AvgIpc) is 3.27. The number of carbonyl (C=O) groups is 3. The summed E-state index contributed by atoms with van der Waals surface area (Å²) in [5.74, 6) is -0.712. The number of benzene rings is 1. The number of esters is 1. The first-order valence-electron chi connectivity index (χ1n) is 9.28. The first kappa shape index (κ1) is 21.1. The number of anilines is 1. The van der Waals surface area contributed by atoms with E-state index in [1.54, 1.807) is 50.4 Å². The van der Waals surface area contributed by atoms with Gasteiger partial charge in [0.25, 0.3) is 5.91 Å². The zero-order chi connectivity index (χ0) is 21.7. The second-order valence-electron chi connectivity index (χ2n) is 6.62. The molecule has 1 aliphatic heterocycles. The van der Waals surface area contributed by atoms with Crippen LogP contribution in [0, 0.1) is 0 Å². The fraction of sp³-hybridized carbons (Fsp3) is 0.286. The van der Waals surface area contributed by atoms with Crippen molar-refractivity contribution in [2.45, 2.75) is 13.0 Å². The molecule has 0 spiro atoms. The molecule has 0 saturated carbocycles. The van der Waals surface area contributed by atoms with Crippen LogP contribution >= 0.6 is 0 Å². The third-order valence-corrected chi connectivity index (χ3v) is 4.74. The van der Waals surface area contributed by atoms with Crippen molar-refractivity contribution in [2.75, 3.05) is 32.7 Å². The minimum atomic E-state index is -0.682. The van der Waals surface area contributed by atoms with Gasteiger partial charge in [0.05, 0.1) is 24.5 Å². The topological polar surface area (TPSA) is 110 Å². The normalized spacial score (nSPS) is 16.3. The van der Waals surface area contributed by atoms with E-state index in [9.17, 15) is 14.4 Å². The standard InChI is InChI=1S/C21H23N3O6/c1-13-17(20(26)30-12-11-28-3)18(23-21(27)24(13)2)14-6-8-15(9-7-14)22-19(25)16-5-4-10-29-16/h4-10,18H,11-12H2,1-3H3,(H,22,25)(H,23,27)/t18-/m0/s1. The van der Waals surface area contributed by atoms with Crippen molar-refractivity contribution in [3.8, 4) is 0 Å². The molecule has 0 fully saturated rings. The van der Waals surface area contributed by atoms with E-state index in [0.29, 0.717) is 22.5 Å². The van der Waals surface area contributed by atoms with Gasteiger partial charge in [0, 0.05) is 25.5 Å². The van der Waals surface area contributed by atoms with Gasteiger partial charge in [-0.3, -0.25) is 4.79 Å². The summed E-state index contributed by atoms with van der Waals surface area (Å²) < 4.78 is 15.3. The van der Waals surface area contributed by atoms with E-state index in [-0.39, 0.29) is 30.9 Å². The van der Waals surface area contributed by atoms with Crippen LogP contribution < -0.4 is 10.6 Å². The summed E-state index contributed by atoms with van der Waals surface area (Å²) in [7, 11) is 3.10. The lowest BCUT2D eigenvalue weighted by molar-refractivity contribution is -0.140. The maximum absolute atomic E-state index is 12.7. The molecule has 1 aromatic carbocycles. The molecular formula is C21H23N3O6. The van der Waals surface area contributed by atoms with E-state index < -0.39 is 12.0 Å². The van der Waals surface area contributed by atoms with Crippen LogP contribution in [0.2, 0.25) is 0 Å². The van der Waals surface area contributed by atoms with Crippen LogP contribution in [0.25, 0.3) is 0 Å². The molecule has 0 aliphatic carbocycles. The number of amides is 3. The number of hydrogen-bond acceptors (Lipinski definition) is 6. The van der Waals surface area contributed by atoms with Crippen LogP contribution in [-0.2, 0) is 14.3 Å². The van der Waals surface area contributed by atoms with Crippen LogP contribution in [0.1, 0.15) is 29.1 Å². The van der Waals surface area contributed by atoms with E-state index in [0.717, 1.165) is 0 Å². The lowest BCUT2D eigenvalue weighted by Gasteiger charge is -2.33. The number of nitrogens with zero attached hydrogens (tertiary/aromatic N) is 1. The van der Waals surface area contributed by atoms with Gasteiger partial charge < -0.3 is 29.4 Å². The van der Waals surface area contributed by atoms with E-state index in [1.165, 1.54) is 18.3 Å². The number of furan rings is 1. The summed E-state index contributed by atoms with van der Waals surface area (Å²) in [6.07, 6.45) is 1.42. The van der Waals surface area contributed by atoms with Crippen LogP contribution in [0.4, 0.5) is 10.5 Å². The van der Waals surface area contributed by atoms with Gasteiger partial charge in [-0.25, -0.2) is 9.59 Å². The highest BCUT2D eigenvalue weighted by molar-refractivity contribution is 6.02. The first-order valence-corrected chi connectivity index (χ1v) is 9.28. The number of nitrogens with one attached hydrogen (secondary N) is 2. The summed E-state index contributed by atoms with van der Waals surface area (Å²) in [4.78, 5) is 38.5. The summed E-state index contributed by atoms with van der Waals surface area (Å²) in [6.45, 7) is 2.07. The Hall–Kier alpha value is -3.59. The summed E-state index contributed by atoms with van der Waals surface area (Å²) in [6, 6.07) is 9.00. The van der Waals surface area contributed by atoms with Gasteiger partial charge in [-0.15, -0.1) is 0 Å². The van der Waals surface area contributed by atoms with Crippen molar-refractivity contribution < 1.29 is 28.3 Å². The fourth-order valence-corrected chi connectivity index (χ4v) is 3.00. The van der Waals surface area contributed by atoms with Crippen LogP contribution in [0.15, 0.2) is 58.3 Å². The minimum Gasteiger partial charge on any atom is -0.460 e. The Morgan fingerprint density at radius 3 is 2.57 bits per heavy atom. The van der Waals surface area contributed by atoms with Gasteiger partial charge in [-0.05, 0) is 36.8 Å². The number of urea groups is 1. The molecule has 3 rings (SSSR count).